The first-order valence-corrected chi connectivity index (χ1v) is 6.11. The number of nitrogens with zero attached hydrogens (tertiary/aromatic N) is 2. The summed E-state index contributed by atoms with van der Waals surface area (Å²) < 4.78 is 0. The minimum absolute atomic E-state index is 0.111. The summed E-state index contributed by atoms with van der Waals surface area (Å²) in [5, 5.41) is 3.33. The molecule has 0 saturated heterocycles. The SMILES string of the molecule is CCN(CC)CC(C)NC(C)C(=O)N(C)C. The van der Waals surface area contributed by atoms with Crippen molar-refractivity contribution in [2.75, 3.05) is 33.7 Å². The van der Waals surface area contributed by atoms with Gasteiger partial charge in [-0.2, -0.15) is 0 Å². The monoisotopic (exact) mass is 229 g/mol. The summed E-state index contributed by atoms with van der Waals surface area (Å²) in [5.74, 6) is 0.131. The summed E-state index contributed by atoms with van der Waals surface area (Å²) in [6.07, 6.45) is 0. The van der Waals surface area contributed by atoms with E-state index in [-0.39, 0.29) is 11.9 Å². The molecular formula is C12H27N3O. The van der Waals surface area contributed by atoms with Crippen molar-refractivity contribution in [3.8, 4) is 0 Å². The Morgan fingerprint density at radius 3 is 2.06 bits per heavy atom. The number of hydrogen-bond donors (Lipinski definition) is 1. The van der Waals surface area contributed by atoms with Crippen LogP contribution in [-0.2, 0) is 4.79 Å². The van der Waals surface area contributed by atoms with Crippen LogP contribution in [0.4, 0.5) is 0 Å². The molecule has 2 atom stereocenters. The van der Waals surface area contributed by atoms with Crippen molar-refractivity contribution < 1.29 is 4.79 Å². The molecule has 0 heterocycles. The topological polar surface area (TPSA) is 35.6 Å². The fourth-order valence-corrected chi connectivity index (χ4v) is 1.81. The van der Waals surface area contributed by atoms with Crippen molar-refractivity contribution in [1.29, 1.82) is 0 Å². The predicted molar refractivity (Wildman–Crippen MR) is 68.5 cm³/mol. The molecule has 4 heteroatoms. The Labute approximate surface area is 100.0 Å². The lowest BCUT2D eigenvalue weighted by Gasteiger charge is -2.26. The van der Waals surface area contributed by atoms with Gasteiger partial charge in [0.05, 0.1) is 6.04 Å². The largest absolute Gasteiger partial charge is 0.347 e. The highest BCUT2D eigenvalue weighted by molar-refractivity contribution is 5.80. The lowest BCUT2D eigenvalue weighted by atomic mass is 10.2. The summed E-state index contributed by atoms with van der Waals surface area (Å²) in [4.78, 5) is 15.6. The Balaban J connectivity index is 4.03. The molecule has 0 aliphatic heterocycles. The average molecular weight is 229 g/mol. The van der Waals surface area contributed by atoms with E-state index in [9.17, 15) is 4.79 Å². The first kappa shape index (κ1) is 15.4. The molecule has 0 spiro atoms. The van der Waals surface area contributed by atoms with Gasteiger partial charge in [0, 0.05) is 26.7 Å². The van der Waals surface area contributed by atoms with E-state index in [1.165, 1.54) is 0 Å². The maximum Gasteiger partial charge on any atom is 0.238 e. The maximum absolute atomic E-state index is 11.7. The van der Waals surface area contributed by atoms with Gasteiger partial charge < -0.3 is 15.1 Å². The van der Waals surface area contributed by atoms with Gasteiger partial charge in [0.25, 0.3) is 0 Å². The second-order valence-corrected chi connectivity index (χ2v) is 4.51. The predicted octanol–water partition coefficient (Wildman–Crippen LogP) is 0.783. The fourth-order valence-electron chi connectivity index (χ4n) is 1.81. The van der Waals surface area contributed by atoms with Gasteiger partial charge in [-0.25, -0.2) is 0 Å². The molecule has 2 unspecified atom stereocenters. The lowest BCUT2D eigenvalue weighted by molar-refractivity contribution is -0.130. The Kier molecular flexibility index (Phi) is 7.34. The molecule has 1 N–H and O–H groups in total. The molecule has 0 fully saturated rings. The zero-order valence-corrected chi connectivity index (χ0v) is 11.6. The van der Waals surface area contributed by atoms with E-state index in [1.54, 1.807) is 19.0 Å². The highest BCUT2D eigenvalue weighted by Gasteiger charge is 2.17. The average Bonchev–Trinajstić information content (AvgIpc) is 2.24. The van der Waals surface area contributed by atoms with Gasteiger partial charge in [-0.05, 0) is 26.9 Å². The van der Waals surface area contributed by atoms with Gasteiger partial charge in [0.2, 0.25) is 5.91 Å². The van der Waals surface area contributed by atoms with Crippen LogP contribution < -0.4 is 5.32 Å². The number of carbonyl (C=O) groups is 1. The molecule has 0 aromatic carbocycles. The molecular weight excluding hydrogens is 202 g/mol. The zero-order valence-electron chi connectivity index (χ0n) is 11.6. The van der Waals surface area contributed by atoms with Gasteiger partial charge in [0.15, 0.2) is 0 Å². The van der Waals surface area contributed by atoms with Gasteiger partial charge in [-0.15, -0.1) is 0 Å². The normalized spacial score (nSPS) is 14.9. The molecule has 0 aromatic heterocycles. The van der Waals surface area contributed by atoms with Crippen molar-refractivity contribution in [3.63, 3.8) is 0 Å². The van der Waals surface area contributed by atoms with Crippen LogP contribution in [0.3, 0.4) is 0 Å². The lowest BCUT2D eigenvalue weighted by Crippen LogP contribution is -2.48. The summed E-state index contributed by atoms with van der Waals surface area (Å²) in [6.45, 7) is 11.4. The molecule has 0 aliphatic rings. The first-order valence-electron chi connectivity index (χ1n) is 6.11. The highest BCUT2D eigenvalue weighted by atomic mass is 16.2. The number of amides is 1. The smallest absolute Gasteiger partial charge is 0.238 e. The number of carbonyl (C=O) groups excluding carboxylic acids is 1. The summed E-state index contributed by atoms with van der Waals surface area (Å²) in [6, 6.07) is 0.222. The number of rotatable bonds is 7. The second-order valence-electron chi connectivity index (χ2n) is 4.51. The molecule has 0 radical (unpaired) electrons. The highest BCUT2D eigenvalue weighted by Crippen LogP contribution is 1.95. The summed E-state index contributed by atoms with van der Waals surface area (Å²) in [5.41, 5.74) is 0. The van der Waals surface area contributed by atoms with Crippen molar-refractivity contribution >= 4 is 5.91 Å². The minimum Gasteiger partial charge on any atom is -0.347 e. The van der Waals surface area contributed by atoms with Crippen molar-refractivity contribution in [2.45, 2.75) is 39.8 Å². The Hall–Kier alpha value is -0.610. The summed E-state index contributed by atoms with van der Waals surface area (Å²) in [7, 11) is 3.57. The van der Waals surface area contributed by atoms with Crippen LogP contribution in [0.1, 0.15) is 27.7 Å². The first-order chi connectivity index (χ1) is 7.42. The van der Waals surface area contributed by atoms with E-state index < -0.39 is 0 Å². The van der Waals surface area contributed by atoms with E-state index in [2.05, 4.69) is 31.0 Å². The van der Waals surface area contributed by atoms with E-state index in [0.29, 0.717) is 6.04 Å². The third kappa shape index (κ3) is 5.47. The molecule has 0 aliphatic carbocycles. The van der Waals surface area contributed by atoms with Crippen LogP contribution in [0, 0.1) is 0 Å². The van der Waals surface area contributed by atoms with Crippen LogP contribution in [-0.4, -0.2) is 61.5 Å². The van der Waals surface area contributed by atoms with E-state index in [4.69, 9.17) is 0 Å². The standard InChI is InChI=1S/C12H27N3O/c1-7-15(8-2)9-10(3)13-11(4)12(16)14(5)6/h10-11,13H,7-9H2,1-6H3. The fraction of sp³-hybridized carbons (Fsp3) is 0.917. The molecule has 1 amide bonds. The van der Waals surface area contributed by atoms with Crippen molar-refractivity contribution in [2.24, 2.45) is 0 Å². The van der Waals surface area contributed by atoms with Gasteiger partial charge in [0.1, 0.15) is 0 Å². The molecule has 96 valence electrons. The van der Waals surface area contributed by atoms with Gasteiger partial charge in [-0.3, -0.25) is 4.79 Å². The Morgan fingerprint density at radius 1 is 1.19 bits per heavy atom. The van der Waals surface area contributed by atoms with Gasteiger partial charge >= 0.3 is 0 Å². The maximum atomic E-state index is 11.7. The van der Waals surface area contributed by atoms with Crippen LogP contribution in [0.5, 0.6) is 0 Å². The third-order valence-electron chi connectivity index (χ3n) is 2.77. The quantitative estimate of drug-likeness (QED) is 0.701. The zero-order chi connectivity index (χ0) is 12.7. The number of hydrogen-bond acceptors (Lipinski definition) is 3. The van der Waals surface area contributed by atoms with Crippen molar-refractivity contribution in [3.05, 3.63) is 0 Å². The molecule has 0 aromatic rings. The van der Waals surface area contributed by atoms with Crippen molar-refractivity contribution in [1.82, 2.24) is 15.1 Å². The van der Waals surface area contributed by atoms with Crippen LogP contribution in [0.2, 0.25) is 0 Å². The number of likely N-dealkylation sites (N-methyl/N-ethyl adjacent to an activating group) is 2. The summed E-state index contributed by atoms with van der Waals surface area (Å²) >= 11 is 0. The molecule has 0 rings (SSSR count). The minimum atomic E-state index is -0.111. The van der Waals surface area contributed by atoms with Crippen LogP contribution >= 0.6 is 0 Å². The molecule has 4 nitrogen and oxygen atoms in total. The number of nitrogens with one attached hydrogen (secondary N) is 1. The van der Waals surface area contributed by atoms with Crippen LogP contribution in [0.15, 0.2) is 0 Å². The van der Waals surface area contributed by atoms with Gasteiger partial charge in [-0.1, -0.05) is 13.8 Å². The Bertz CT molecular complexity index is 202. The molecule has 16 heavy (non-hydrogen) atoms. The second kappa shape index (κ2) is 7.63. The third-order valence-corrected chi connectivity index (χ3v) is 2.77. The molecule has 0 bridgehead atoms. The van der Waals surface area contributed by atoms with E-state index in [0.717, 1.165) is 19.6 Å². The Morgan fingerprint density at radius 2 is 1.69 bits per heavy atom. The van der Waals surface area contributed by atoms with E-state index in [1.807, 2.05) is 6.92 Å². The van der Waals surface area contributed by atoms with E-state index >= 15 is 0 Å². The van der Waals surface area contributed by atoms with Crippen LogP contribution in [0.25, 0.3) is 0 Å². The molecule has 0 saturated carbocycles.